The average molecular weight is 320 g/mol. The lowest BCUT2D eigenvalue weighted by molar-refractivity contribution is 0.476. The van der Waals surface area contributed by atoms with Crippen molar-refractivity contribution in [3.63, 3.8) is 0 Å². The Balaban J connectivity index is 2.94. The zero-order valence-electron chi connectivity index (χ0n) is 12.3. The molecule has 0 saturated heterocycles. The van der Waals surface area contributed by atoms with Gasteiger partial charge in [0, 0.05) is 18.8 Å². The van der Waals surface area contributed by atoms with Gasteiger partial charge in [0.2, 0.25) is 10.0 Å². The lowest BCUT2D eigenvalue weighted by Gasteiger charge is -2.17. The van der Waals surface area contributed by atoms with Gasteiger partial charge in [0.15, 0.2) is 0 Å². The molecule has 0 aliphatic heterocycles. The van der Waals surface area contributed by atoms with Gasteiger partial charge in [0.05, 0.1) is 5.02 Å². The summed E-state index contributed by atoms with van der Waals surface area (Å²) in [5, 5.41) is 3.35. The molecule has 0 radical (unpaired) electrons. The summed E-state index contributed by atoms with van der Waals surface area (Å²) in [6.07, 6.45) is 2.25. The predicted molar refractivity (Wildman–Crippen MR) is 82.6 cm³/mol. The molecular weight excluding hydrogens is 298 g/mol. The highest BCUT2D eigenvalue weighted by Crippen LogP contribution is 2.22. The molecule has 1 aromatic rings. The Labute approximate surface area is 126 Å². The van der Waals surface area contributed by atoms with Gasteiger partial charge < -0.3 is 5.32 Å². The second kappa shape index (κ2) is 7.24. The molecule has 0 aromatic carbocycles. The van der Waals surface area contributed by atoms with Crippen molar-refractivity contribution in [2.45, 2.75) is 45.1 Å². The number of anilines is 1. The van der Waals surface area contributed by atoms with E-state index < -0.39 is 10.0 Å². The number of halogens is 1. The number of nitrogens with zero attached hydrogens (tertiary/aromatic N) is 1. The molecule has 0 aliphatic carbocycles. The SMILES string of the molecule is CCCNc1ncc(S(=O)(=O)NC(C)C(C)C)cc1Cl. The first-order valence-electron chi connectivity index (χ1n) is 6.69. The summed E-state index contributed by atoms with van der Waals surface area (Å²) in [6, 6.07) is 1.26. The summed E-state index contributed by atoms with van der Waals surface area (Å²) in [6.45, 7) is 8.50. The Morgan fingerprint density at radius 3 is 2.50 bits per heavy atom. The Morgan fingerprint density at radius 1 is 1.35 bits per heavy atom. The normalized spacial score (nSPS) is 13.5. The summed E-state index contributed by atoms with van der Waals surface area (Å²) in [7, 11) is -3.59. The maximum absolute atomic E-state index is 12.2. The maximum Gasteiger partial charge on any atom is 0.242 e. The number of sulfonamides is 1. The minimum atomic E-state index is -3.59. The van der Waals surface area contributed by atoms with Crippen molar-refractivity contribution >= 4 is 27.4 Å². The molecule has 0 saturated carbocycles. The van der Waals surface area contributed by atoms with Gasteiger partial charge in [-0.1, -0.05) is 32.4 Å². The molecule has 1 aromatic heterocycles. The van der Waals surface area contributed by atoms with E-state index in [1.54, 1.807) is 0 Å². The summed E-state index contributed by atoms with van der Waals surface area (Å²) >= 11 is 6.05. The van der Waals surface area contributed by atoms with Crippen LogP contribution in [0.25, 0.3) is 0 Å². The molecule has 0 bridgehead atoms. The third kappa shape index (κ3) is 4.61. The fourth-order valence-corrected chi connectivity index (χ4v) is 3.05. The molecule has 1 heterocycles. The van der Waals surface area contributed by atoms with Crippen LogP contribution in [0.15, 0.2) is 17.2 Å². The number of rotatable bonds is 7. The van der Waals surface area contributed by atoms with Crippen LogP contribution >= 0.6 is 11.6 Å². The fourth-order valence-electron chi connectivity index (χ4n) is 1.39. The Hall–Kier alpha value is -0.850. The van der Waals surface area contributed by atoms with Gasteiger partial charge in [-0.25, -0.2) is 18.1 Å². The van der Waals surface area contributed by atoms with E-state index in [9.17, 15) is 8.42 Å². The van der Waals surface area contributed by atoms with E-state index in [0.717, 1.165) is 13.0 Å². The molecule has 0 fully saturated rings. The Kier molecular flexibility index (Phi) is 6.23. The van der Waals surface area contributed by atoms with Gasteiger partial charge in [-0.05, 0) is 25.3 Å². The smallest absolute Gasteiger partial charge is 0.242 e. The predicted octanol–water partition coefficient (Wildman–Crippen LogP) is 2.88. The molecule has 5 nitrogen and oxygen atoms in total. The van der Waals surface area contributed by atoms with Crippen LogP contribution in [0.1, 0.15) is 34.1 Å². The summed E-state index contributed by atoms with van der Waals surface area (Å²) in [4.78, 5) is 4.15. The van der Waals surface area contributed by atoms with Crippen molar-refractivity contribution in [2.75, 3.05) is 11.9 Å². The quantitative estimate of drug-likeness (QED) is 0.810. The zero-order valence-corrected chi connectivity index (χ0v) is 13.8. The van der Waals surface area contributed by atoms with Crippen LogP contribution in [0.2, 0.25) is 5.02 Å². The first-order chi connectivity index (χ1) is 9.27. The third-order valence-electron chi connectivity index (χ3n) is 3.01. The highest BCUT2D eigenvalue weighted by atomic mass is 35.5. The van der Waals surface area contributed by atoms with E-state index in [4.69, 9.17) is 11.6 Å². The van der Waals surface area contributed by atoms with E-state index in [1.165, 1.54) is 12.3 Å². The molecule has 2 N–H and O–H groups in total. The van der Waals surface area contributed by atoms with Gasteiger partial charge in [-0.15, -0.1) is 0 Å². The Morgan fingerprint density at radius 2 is 2.00 bits per heavy atom. The highest BCUT2D eigenvalue weighted by Gasteiger charge is 2.20. The standard InChI is InChI=1S/C13H22ClN3O2S/c1-5-6-15-13-12(14)7-11(8-16-13)20(18,19)17-10(4)9(2)3/h7-10,17H,5-6H2,1-4H3,(H,15,16). The maximum atomic E-state index is 12.2. The van der Waals surface area contributed by atoms with Crippen LogP contribution in [0, 0.1) is 5.92 Å². The molecule has 7 heteroatoms. The number of hydrogen-bond donors (Lipinski definition) is 2. The van der Waals surface area contributed by atoms with Crippen LogP contribution in [0.5, 0.6) is 0 Å². The van der Waals surface area contributed by atoms with Gasteiger partial charge in [-0.2, -0.15) is 0 Å². The molecule has 1 rings (SSSR count). The van der Waals surface area contributed by atoms with E-state index >= 15 is 0 Å². The second-order valence-electron chi connectivity index (χ2n) is 5.08. The van der Waals surface area contributed by atoms with Crippen molar-refractivity contribution in [2.24, 2.45) is 5.92 Å². The number of hydrogen-bond acceptors (Lipinski definition) is 4. The fraction of sp³-hybridized carbons (Fsp3) is 0.615. The van der Waals surface area contributed by atoms with Crippen LogP contribution in [0.3, 0.4) is 0 Å². The van der Waals surface area contributed by atoms with Crippen molar-refractivity contribution in [3.8, 4) is 0 Å². The average Bonchev–Trinajstić information content (AvgIpc) is 2.36. The number of nitrogens with one attached hydrogen (secondary N) is 2. The Bertz CT molecular complexity index is 547. The van der Waals surface area contributed by atoms with Crippen molar-refractivity contribution in [3.05, 3.63) is 17.3 Å². The molecule has 0 aliphatic rings. The van der Waals surface area contributed by atoms with Crippen molar-refractivity contribution in [1.29, 1.82) is 0 Å². The van der Waals surface area contributed by atoms with Crippen molar-refractivity contribution < 1.29 is 8.42 Å². The molecular formula is C13H22ClN3O2S. The van der Waals surface area contributed by atoms with E-state index in [-0.39, 0.29) is 16.9 Å². The number of pyridine rings is 1. The zero-order chi connectivity index (χ0) is 15.3. The summed E-state index contributed by atoms with van der Waals surface area (Å²) in [5.74, 6) is 0.711. The van der Waals surface area contributed by atoms with Crippen molar-refractivity contribution in [1.82, 2.24) is 9.71 Å². The summed E-state index contributed by atoms with van der Waals surface area (Å²) in [5.41, 5.74) is 0. The van der Waals surface area contributed by atoms with Crippen LogP contribution in [-0.2, 0) is 10.0 Å². The number of aromatic nitrogens is 1. The topological polar surface area (TPSA) is 71.1 Å². The van der Waals surface area contributed by atoms with Gasteiger partial charge in [0.25, 0.3) is 0 Å². The van der Waals surface area contributed by atoms with Gasteiger partial charge >= 0.3 is 0 Å². The minimum Gasteiger partial charge on any atom is -0.369 e. The van der Waals surface area contributed by atoms with Crippen LogP contribution in [-0.4, -0.2) is 26.0 Å². The first-order valence-corrected chi connectivity index (χ1v) is 8.55. The third-order valence-corrected chi connectivity index (χ3v) is 4.82. The van der Waals surface area contributed by atoms with Gasteiger partial charge in [-0.3, -0.25) is 0 Å². The first kappa shape index (κ1) is 17.2. The largest absolute Gasteiger partial charge is 0.369 e. The molecule has 114 valence electrons. The lowest BCUT2D eigenvalue weighted by Crippen LogP contribution is -2.36. The van der Waals surface area contributed by atoms with E-state index in [0.29, 0.717) is 10.8 Å². The highest BCUT2D eigenvalue weighted by molar-refractivity contribution is 7.89. The van der Waals surface area contributed by atoms with Gasteiger partial charge in [0.1, 0.15) is 10.7 Å². The van der Waals surface area contributed by atoms with Crippen LogP contribution in [0.4, 0.5) is 5.82 Å². The van der Waals surface area contributed by atoms with E-state index in [2.05, 4.69) is 15.0 Å². The molecule has 1 unspecified atom stereocenters. The molecule has 0 amide bonds. The van der Waals surface area contributed by atoms with Crippen LogP contribution < -0.4 is 10.0 Å². The second-order valence-corrected chi connectivity index (χ2v) is 7.20. The molecule has 20 heavy (non-hydrogen) atoms. The minimum absolute atomic E-state index is 0.0806. The van der Waals surface area contributed by atoms with E-state index in [1.807, 2.05) is 27.7 Å². The molecule has 1 atom stereocenters. The lowest BCUT2D eigenvalue weighted by atomic mass is 10.1. The molecule has 0 spiro atoms. The monoisotopic (exact) mass is 319 g/mol. The summed E-state index contributed by atoms with van der Waals surface area (Å²) < 4.78 is 27.0.